The summed E-state index contributed by atoms with van der Waals surface area (Å²) < 4.78 is 16.5. The third-order valence-electron chi connectivity index (χ3n) is 4.72. The van der Waals surface area contributed by atoms with E-state index in [0.717, 1.165) is 11.3 Å². The van der Waals surface area contributed by atoms with Crippen molar-refractivity contribution in [3.05, 3.63) is 84.0 Å². The number of fused-ring (bicyclic) bond motifs is 1. The molecule has 0 radical (unpaired) electrons. The fourth-order valence-corrected chi connectivity index (χ4v) is 3.21. The van der Waals surface area contributed by atoms with Crippen LogP contribution < -0.4 is 5.32 Å². The summed E-state index contributed by atoms with van der Waals surface area (Å²) in [5.41, 5.74) is 2.97. The maximum absolute atomic E-state index is 12.6. The summed E-state index contributed by atoms with van der Waals surface area (Å²) >= 11 is 0. The molecule has 30 heavy (non-hydrogen) atoms. The molecule has 0 fully saturated rings. The molecule has 0 saturated carbocycles. The second-order valence-electron chi connectivity index (χ2n) is 6.84. The first kappa shape index (κ1) is 17.9. The number of nitrogens with one attached hydrogen (secondary N) is 1. The Kier molecular flexibility index (Phi) is 4.40. The smallest absolute Gasteiger partial charge is 0.251 e. The van der Waals surface area contributed by atoms with E-state index in [1.165, 1.54) is 6.26 Å². The van der Waals surface area contributed by atoms with Crippen molar-refractivity contribution in [2.45, 2.75) is 13.5 Å². The van der Waals surface area contributed by atoms with E-state index in [1.807, 2.05) is 49.4 Å². The number of nitrogens with zero attached hydrogens (tertiary/aromatic N) is 2. The molecule has 7 nitrogen and oxygen atoms in total. The Morgan fingerprint density at radius 3 is 2.73 bits per heavy atom. The minimum absolute atomic E-state index is 0.219. The zero-order chi connectivity index (χ0) is 20.5. The number of rotatable bonds is 5. The highest BCUT2D eigenvalue weighted by Crippen LogP contribution is 2.30. The molecule has 0 aliphatic heterocycles. The van der Waals surface area contributed by atoms with Crippen LogP contribution in [0.25, 0.3) is 33.8 Å². The van der Waals surface area contributed by atoms with Crippen LogP contribution in [0, 0.1) is 6.92 Å². The number of furan rings is 1. The molecule has 0 spiro atoms. The number of oxazole rings is 1. The van der Waals surface area contributed by atoms with Crippen LogP contribution in [0.4, 0.5) is 0 Å². The fraction of sp³-hybridized carbons (Fsp3) is 0.0870. The highest BCUT2D eigenvalue weighted by Gasteiger charge is 2.17. The van der Waals surface area contributed by atoms with E-state index >= 15 is 0 Å². The van der Waals surface area contributed by atoms with Crippen LogP contribution in [0.1, 0.15) is 21.9 Å². The zero-order valence-electron chi connectivity index (χ0n) is 16.1. The van der Waals surface area contributed by atoms with Gasteiger partial charge in [0.15, 0.2) is 5.58 Å². The SMILES string of the molecule is Cc1ccc(CNC(=O)c2ccc3onc(-c4coc(-c5ccccc5)n4)c3c2)o1. The minimum Gasteiger partial charge on any atom is -0.465 e. The van der Waals surface area contributed by atoms with E-state index in [4.69, 9.17) is 13.4 Å². The van der Waals surface area contributed by atoms with Gasteiger partial charge in [-0.2, -0.15) is 0 Å². The monoisotopic (exact) mass is 399 g/mol. The van der Waals surface area contributed by atoms with Crippen molar-refractivity contribution in [1.82, 2.24) is 15.5 Å². The summed E-state index contributed by atoms with van der Waals surface area (Å²) in [6.45, 7) is 2.17. The van der Waals surface area contributed by atoms with Gasteiger partial charge in [0.05, 0.1) is 11.9 Å². The molecule has 7 heteroatoms. The lowest BCUT2D eigenvalue weighted by Gasteiger charge is -2.03. The number of hydrogen-bond acceptors (Lipinski definition) is 6. The van der Waals surface area contributed by atoms with Crippen LogP contribution >= 0.6 is 0 Å². The molecule has 5 rings (SSSR count). The van der Waals surface area contributed by atoms with Crippen molar-refractivity contribution in [3.63, 3.8) is 0 Å². The average molecular weight is 399 g/mol. The normalized spacial score (nSPS) is 11.1. The quantitative estimate of drug-likeness (QED) is 0.448. The number of benzene rings is 2. The van der Waals surface area contributed by atoms with Crippen molar-refractivity contribution >= 4 is 16.9 Å². The maximum Gasteiger partial charge on any atom is 0.251 e. The Bertz CT molecular complexity index is 1330. The minimum atomic E-state index is -0.219. The zero-order valence-corrected chi connectivity index (χ0v) is 16.1. The third kappa shape index (κ3) is 3.37. The summed E-state index contributed by atoms with van der Waals surface area (Å²) in [7, 11) is 0. The van der Waals surface area contributed by atoms with E-state index in [2.05, 4.69) is 15.5 Å². The number of hydrogen-bond donors (Lipinski definition) is 1. The number of aromatic nitrogens is 2. The first-order valence-electron chi connectivity index (χ1n) is 9.41. The molecule has 3 aromatic heterocycles. The molecule has 1 N–H and O–H groups in total. The Labute approximate surface area is 171 Å². The van der Waals surface area contributed by atoms with Gasteiger partial charge in [-0.3, -0.25) is 4.79 Å². The highest BCUT2D eigenvalue weighted by atomic mass is 16.5. The molecule has 0 unspecified atom stereocenters. The standard InChI is InChI=1S/C23H17N3O4/c1-14-7-9-17(29-14)12-24-22(27)16-8-10-20-18(11-16)21(26-30-20)19-13-28-23(25-19)15-5-3-2-4-6-15/h2-11,13H,12H2,1H3,(H,24,27). The largest absolute Gasteiger partial charge is 0.465 e. The van der Waals surface area contributed by atoms with Crippen molar-refractivity contribution < 1.29 is 18.2 Å². The predicted octanol–water partition coefficient (Wildman–Crippen LogP) is 4.98. The topological polar surface area (TPSA) is 94.3 Å². The molecular formula is C23H17N3O4. The second-order valence-corrected chi connectivity index (χ2v) is 6.84. The van der Waals surface area contributed by atoms with Gasteiger partial charge in [-0.15, -0.1) is 0 Å². The highest BCUT2D eigenvalue weighted by molar-refractivity contribution is 6.00. The molecule has 5 aromatic rings. The lowest BCUT2D eigenvalue weighted by Crippen LogP contribution is -2.22. The second kappa shape index (κ2) is 7.36. The first-order chi connectivity index (χ1) is 14.7. The Hall–Kier alpha value is -4.13. The molecule has 1 amide bonds. The number of carbonyl (C=O) groups is 1. The first-order valence-corrected chi connectivity index (χ1v) is 9.41. The van der Waals surface area contributed by atoms with E-state index in [9.17, 15) is 4.79 Å². The van der Waals surface area contributed by atoms with E-state index in [-0.39, 0.29) is 5.91 Å². The van der Waals surface area contributed by atoms with Crippen molar-refractivity contribution in [1.29, 1.82) is 0 Å². The molecule has 0 bridgehead atoms. The number of aryl methyl sites for hydroxylation is 1. The lowest BCUT2D eigenvalue weighted by molar-refractivity contribution is 0.0948. The Morgan fingerprint density at radius 2 is 1.93 bits per heavy atom. The number of amides is 1. The van der Waals surface area contributed by atoms with Crippen molar-refractivity contribution in [3.8, 4) is 22.8 Å². The van der Waals surface area contributed by atoms with E-state index < -0.39 is 0 Å². The predicted molar refractivity (Wildman–Crippen MR) is 110 cm³/mol. The fourth-order valence-electron chi connectivity index (χ4n) is 3.21. The van der Waals surface area contributed by atoms with E-state index in [0.29, 0.717) is 46.1 Å². The van der Waals surface area contributed by atoms with Crippen molar-refractivity contribution in [2.75, 3.05) is 0 Å². The van der Waals surface area contributed by atoms with E-state index in [1.54, 1.807) is 18.2 Å². The van der Waals surface area contributed by atoms with Gasteiger partial charge in [-0.25, -0.2) is 4.98 Å². The van der Waals surface area contributed by atoms with Gasteiger partial charge in [-0.05, 0) is 49.4 Å². The van der Waals surface area contributed by atoms with Gasteiger partial charge in [0.25, 0.3) is 5.91 Å². The van der Waals surface area contributed by atoms with Gasteiger partial charge >= 0.3 is 0 Å². The van der Waals surface area contributed by atoms with Crippen LogP contribution in [0.2, 0.25) is 0 Å². The Balaban J connectivity index is 1.42. The molecule has 0 aliphatic rings. The van der Waals surface area contributed by atoms with Crippen LogP contribution in [-0.2, 0) is 6.54 Å². The molecule has 3 heterocycles. The van der Waals surface area contributed by atoms with Crippen LogP contribution in [0.5, 0.6) is 0 Å². The summed E-state index contributed by atoms with van der Waals surface area (Å²) in [4.78, 5) is 17.1. The van der Waals surface area contributed by atoms with Crippen molar-refractivity contribution in [2.24, 2.45) is 0 Å². The van der Waals surface area contributed by atoms with Gasteiger partial charge in [0, 0.05) is 11.1 Å². The summed E-state index contributed by atoms with van der Waals surface area (Å²) in [5, 5.41) is 7.66. The Morgan fingerprint density at radius 1 is 1.07 bits per heavy atom. The molecule has 0 saturated heterocycles. The molecule has 0 aliphatic carbocycles. The lowest BCUT2D eigenvalue weighted by atomic mass is 10.1. The third-order valence-corrected chi connectivity index (χ3v) is 4.72. The molecule has 2 aromatic carbocycles. The van der Waals surface area contributed by atoms with Crippen LogP contribution in [0.3, 0.4) is 0 Å². The van der Waals surface area contributed by atoms with Crippen LogP contribution in [-0.4, -0.2) is 16.0 Å². The number of carbonyl (C=O) groups excluding carboxylic acids is 1. The summed E-state index contributed by atoms with van der Waals surface area (Å²) in [5.74, 6) is 1.77. The van der Waals surface area contributed by atoms with Gasteiger partial charge in [-0.1, -0.05) is 23.4 Å². The molecule has 0 atom stereocenters. The summed E-state index contributed by atoms with van der Waals surface area (Å²) in [6.07, 6.45) is 1.53. The van der Waals surface area contributed by atoms with Gasteiger partial charge in [0.1, 0.15) is 29.2 Å². The summed E-state index contributed by atoms with van der Waals surface area (Å²) in [6, 6.07) is 18.4. The maximum atomic E-state index is 12.6. The van der Waals surface area contributed by atoms with Gasteiger partial charge < -0.3 is 18.7 Å². The average Bonchev–Trinajstić information content (AvgIpc) is 3.51. The molecular weight excluding hydrogens is 382 g/mol. The van der Waals surface area contributed by atoms with Crippen LogP contribution in [0.15, 0.2) is 80.3 Å². The van der Waals surface area contributed by atoms with Gasteiger partial charge in [0.2, 0.25) is 5.89 Å². The molecule has 148 valence electrons.